The van der Waals surface area contributed by atoms with Gasteiger partial charge in [-0.2, -0.15) is 0 Å². The Balaban J connectivity index is 1.81. The summed E-state index contributed by atoms with van der Waals surface area (Å²) in [6.07, 6.45) is 3.92. The van der Waals surface area contributed by atoms with E-state index in [2.05, 4.69) is 4.98 Å². The van der Waals surface area contributed by atoms with Gasteiger partial charge in [-0.05, 0) is 29.5 Å². The standard InChI is InChI=1S/C15H15NOS/c17-14(13-7-2-1-3-8-13)9-6-12-18-15-10-4-5-11-16-15/h1-8,10-12,14,17H,9H2/b12-6+. The molecule has 0 amide bonds. The molecule has 0 saturated heterocycles. The second kappa shape index (κ2) is 6.99. The molecular formula is C15H15NOS. The summed E-state index contributed by atoms with van der Waals surface area (Å²) in [7, 11) is 0. The monoisotopic (exact) mass is 257 g/mol. The molecular weight excluding hydrogens is 242 g/mol. The molecule has 2 rings (SSSR count). The molecule has 18 heavy (non-hydrogen) atoms. The molecule has 0 saturated carbocycles. The third-order valence-electron chi connectivity index (χ3n) is 2.47. The minimum Gasteiger partial charge on any atom is -0.388 e. The van der Waals surface area contributed by atoms with Crippen LogP contribution in [0.1, 0.15) is 18.1 Å². The number of hydrogen-bond acceptors (Lipinski definition) is 3. The molecule has 0 fully saturated rings. The average molecular weight is 257 g/mol. The maximum Gasteiger partial charge on any atom is 0.100 e. The minimum atomic E-state index is -0.438. The topological polar surface area (TPSA) is 33.1 Å². The lowest BCUT2D eigenvalue weighted by atomic mass is 10.1. The van der Waals surface area contributed by atoms with Gasteiger partial charge in [0.15, 0.2) is 0 Å². The van der Waals surface area contributed by atoms with Crippen LogP contribution in [0.25, 0.3) is 0 Å². The largest absolute Gasteiger partial charge is 0.388 e. The van der Waals surface area contributed by atoms with E-state index in [9.17, 15) is 5.11 Å². The van der Waals surface area contributed by atoms with Crippen molar-refractivity contribution in [2.75, 3.05) is 0 Å². The van der Waals surface area contributed by atoms with Gasteiger partial charge in [0.2, 0.25) is 0 Å². The van der Waals surface area contributed by atoms with E-state index in [1.807, 2.05) is 60.0 Å². The Hall–Kier alpha value is -1.58. The van der Waals surface area contributed by atoms with E-state index in [4.69, 9.17) is 0 Å². The highest BCUT2D eigenvalue weighted by molar-refractivity contribution is 8.02. The molecule has 0 aliphatic carbocycles. The third-order valence-corrected chi connectivity index (χ3v) is 3.28. The Morgan fingerprint density at radius 3 is 2.61 bits per heavy atom. The van der Waals surface area contributed by atoms with Crippen molar-refractivity contribution in [2.24, 2.45) is 0 Å². The van der Waals surface area contributed by atoms with Crippen LogP contribution in [-0.4, -0.2) is 10.1 Å². The number of aliphatic hydroxyl groups excluding tert-OH is 1. The summed E-state index contributed by atoms with van der Waals surface area (Å²) in [5.41, 5.74) is 0.949. The zero-order valence-corrected chi connectivity index (χ0v) is 10.8. The fourth-order valence-corrected chi connectivity index (χ4v) is 2.16. The van der Waals surface area contributed by atoms with Gasteiger partial charge >= 0.3 is 0 Å². The number of hydrogen-bond donors (Lipinski definition) is 1. The molecule has 0 aliphatic heterocycles. The van der Waals surface area contributed by atoms with Crippen LogP contribution in [0.4, 0.5) is 0 Å². The zero-order chi connectivity index (χ0) is 12.6. The van der Waals surface area contributed by atoms with E-state index in [-0.39, 0.29) is 0 Å². The van der Waals surface area contributed by atoms with Crippen molar-refractivity contribution >= 4 is 11.8 Å². The summed E-state index contributed by atoms with van der Waals surface area (Å²) in [5.74, 6) is 0. The summed E-state index contributed by atoms with van der Waals surface area (Å²) < 4.78 is 0. The lowest BCUT2D eigenvalue weighted by Crippen LogP contribution is -1.94. The summed E-state index contributed by atoms with van der Waals surface area (Å²) in [6.45, 7) is 0. The first-order valence-corrected chi connectivity index (χ1v) is 6.70. The second-order valence-corrected chi connectivity index (χ2v) is 4.75. The maximum absolute atomic E-state index is 9.94. The van der Waals surface area contributed by atoms with Crippen molar-refractivity contribution < 1.29 is 5.11 Å². The van der Waals surface area contributed by atoms with Crippen LogP contribution in [0, 0.1) is 0 Å². The Morgan fingerprint density at radius 1 is 1.11 bits per heavy atom. The first-order chi connectivity index (χ1) is 8.86. The highest BCUT2D eigenvalue weighted by Gasteiger charge is 2.03. The van der Waals surface area contributed by atoms with Crippen molar-refractivity contribution in [1.29, 1.82) is 0 Å². The van der Waals surface area contributed by atoms with Crippen molar-refractivity contribution in [3.63, 3.8) is 0 Å². The van der Waals surface area contributed by atoms with Gasteiger partial charge in [-0.15, -0.1) is 0 Å². The lowest BCUT2D eigenvalue weighted by molar-refractivity contribution is 0.181. The number of aromatic nitrogens is 1. The van der Waals surface area contributed by atoms with Crippen molar-refractivity contribution in [2.45, 2.75) is 17.6 Å². The molecule has 1 atom stereocenters. The summed E-state index contributed by atoms with van der Waals surface area (Å²) >= 11 is 1.55. The van der Waals surface area contributed by atoms with Gasteiger partial charge in [0.05, 0.1) is 6.10 Å². The predicted octanol–water partition coefficient (Wildman–Crippen LogP) is 3.81. The highest BCUT2D eigenvalue weighted by Crippen LogP contribution is 2.19. The van der Waals surface area contributed by atoms with E-state index in [0.717, 1.165) is 10.6 Å². The van der Waals surface area contributed by atoms with Crippen LogP contribution in [0.2, 0.25) is 0 Å². The molecule has 0 aliphatic rings. The van der Waals surface area contributed by atoms with Gasteiger partial charge in [0, 0.05) is 6.20 Å². The number of rotatable bonds is 5. The van der Waals surface area contributed by atoms with E-state index < -0.39 is 6.10 Å². The lowest BCUT2D eigenvalue weighted by Gasteiger charge is -2.07. The van der Waals surface area contributed by atoms with Gasteiger partial charge in [0.1, 0.15) is 5.03 Å². The molecule has 0 bridgehead atoms. The van der Waals surface area contributed by atoms with E-state index in [1.165, 1.54) is 0 Å². The van der Waals surface area contributed by atoms with Crippen LogP contribution < -0.4 is 0 Å². The van der Waals surface area contributed by atoms with Crippen molar-refractivity contribution in [3.8, 4) is 0 Å². The fourth-order valence-electron chi connectivity index (χ4n) is 1.53. The maximum atomic E-state index is 9.94. The van der Waals surface area contributed by atoms with Crippen molar-refractivity contribution in [1.82, 2.24) is 4.98 Å². The number of thioether (sulfide) groups is 1. The molecule has 0 radical (unpaired) electrons. The first-order valence-electron chi connectivity index (χ1n) is 5.82. The van der Waals surface area contributed by atoms with Gasteiger partial charge in [-0.25, -0.2) is 4.98 Å². The minimum absolute atomic E-state index is 0.438. The predicted molar refractivity (Wildman–Crippen MR) is 75.3 cm³/mol. The van der Waals surface area contributed by atoms with Gasteiger partial charge < -0.3 is 5.11 Å². The number of aliphatic hydroxyl groups is 1. The molecule has 1 unspecified atom stereocenters. The van der Waals surface area contributed by atoms with Crippen LogP contribution in [0.15, 0.2) is 71.2 Å². The Kier molecular flexibility index (Phi) is 5.00. The quantitative estimate of drug-likeness (QED) is 0.827. The van der Waals surface area contributed by atoms with Crippen LogP contribution in [0.3, 0.4) is 0 Å². The van der Waals surface area contributed by atoms with Crippen LogP contribution >= 0.6 is 11.8 Å². The van der Waals surface area contributed by atoms with Gasteiger partial charge in [0.25, 0.3) is 0 Å². The SMILES string of the molecule is OC(C/C=C/Sc1ccccn1)c1ccccc1. The fraction of sp³-hybridized carbons (Fsp3) is 0.133. The Labute approximate surface area is 111 Å². The second-order valence-electron chi connectivity index (χ2n) is 3.82. The van der Waals surface area contributed by atoms with Crippen molar-refractivity contribution in [3.05, 3.63) is 71.8 Å². The molecule has 2 nitrogen and oxygen atoms in total. The molecule has 1 aromatic heterocycles. The third kappa shape index (κ3) is 4.02. The number of nitrogens with zero attached hydrogens (tertiary/aromatic N) is 1. The van der Waals surface area contributed by atoms with Crippen LogP contribution in [0.5, 0.6) is 0 Å². The normalized spacial score (nSPS) is 12.7. The number of benzene rings is 1. The van der Waals surface area contributed by atoms with Crippen LogP contribution in [-0.2, 0) is 0 Å². The van der Waals surface area contributed by atoms with E-state index in [1.54, 1.807) is 18.0 Å². The van der Waals surface area contributed by atoms with E-state index in [0.29, 0.717) is 6.42 Å². The molecule has 1 aromatic carbocycles. The Morgan fingerprint density at radius 2 is 1.89 bits per heavy atom. The summed E-state index contributed by atoms with van der Waals surface area (Å²) in [5, 5.41) is 12.9. The molecule has 2 aromatic rings. The summed E-state index contributed by atoms with van der Waals surface area (Å²) in [4.78, 5) is 4.20. The van der Waals surface area contributed by atoms with Gasteiger partial charge in [-0.3, -0.25) is 0 Å². The zero-order valence-electron chi connectivity index (χ0n) is 9.94. The molecule has 92 valence electrons. The van der Waals surface area contributed by atoms with Gasteiger partial charge in [-0.1, -0.05) is 54.2 Å². The summed E-state index contributed by atoms with van der Waals surface area (Å²) in [6, 6.07) is 15.5. The Bertz CT molecular complexity index is 484. The number of pyridine rings is 1. The molecule has 1 N–H and O–H groups in total. The molecule has 3 heteroatoms. The molecule has 1 heterocycles. The molecule has 0 spiro atoms. The average Bonchev–Trinajstić information content (AvgIpc) is 2.45. The van der Waals surface area contributed by atoms with E-state index >= 15 is 0 Å². The highest BCUT2D eigenvalue weighted by atomic mass is 32.2. The smallest absolute Gasteiger partial charge is 0.100 e. The first kappa shape index (κ1) is 12.9.